The average Bonchev–Trinajstić information content (AvgIpc) is 2.46. The molecule has 1 saturated heterocycles. The number of hydrogen-bond acceptors (Lipinski definition) is 3. The molecular weight excluding hydrogens is 132 g/mol. The van der Waals surface area contributed by atoms with Crippen LogP contribution in [-0.4, -0.2) is 24.8 Å². The third-order valence-corrected chi connectivity index (χ3v) is 1.72. The van der Waals surface area contributed by atoms with Crippen molar-refractivity contribution in [2.45, 2.75) is 12.2 Å². The summed E-state index contributed by atoms with van der Waals surface area (Å²) in [4.78, 5) is 10.8. The topological polar surface area (TPSA) is 35.5 Å². The average molecular weight is 140 g/mol. The van der Waals surface area contributed by atoms with E-state index in [0.717, 1.165) is 0 Å². The van der Waals surface area contributed by atoms with Crippen LogP contribution in [0.15, 0.2) is 12.2 Å². The monoisotopic (exact) mass is 140 g/mol. The van der Waals surface area contributed by atoms with Crippen LogP contribution in [0.3, 0.4) is 0 Å². The molecule has 0 bridgehead atoms. The Kier molecular flexibility index (Phi) is 1.16. The van der Waals surface area contributed by atoms with Gasteiger partial charge in [-0.05, 0) is 12.2 Å². The maximum atomic E-state index is 10.8. The Balaban J connectivity index is 2.18. The molecule has 1 aliphatic carbocycles. The van der Waals surface area contributed by atoms with Crippen LogP contribution >= 0.6 is 0 Å². The second kappa shape index (κ2) is 1.90. The van der Waals surface area contributed by atoms with Crippen LogP contribution in [0.1, 0.15) is 6.42 Å². The van der Waals surface area contributed by atoms with E-state index >= 15 is 0 Å². The van der Waals surface area contributed by atoms with Gasteiger partial charge in [-0.15, -0.1) is 0 Å². The molecule has 1 aliphatic heterocycles. The smallest absolute Gasteiger partial charge is 0.195 e. The Morgan fingerprint density at radius 2 is 2.10 bits per heavy atom. The first-order valence-corrected chi connectivity index (χ1v) is 3.31. The number of carbonyl (C=O) groups is 1. The highest BCUT2D eigenvalue weighted by Gasteiger charge is 2.39. The fraction of sp³-hybridized carbons (Fsp3) is 0.571. The zero-order valence-electron chi connectivity index (χ0n) is 5.50. The molecule has 10 heavy (non-hydrogen) atoms. The zero-order chi connectivity index (χ0) is 7.03. The van der Waals surface area contributed by atoms with Gasteiger partial charge in [0.15, 0.2) is 11.6 Å². The van der Waals surface area contributed by atoms with Crippen LogP contribution in [0.4, 0.5) is 0 Å². The molecule has 0 atom stereocenters. The van der Waals surface area contributed by atoms with E-state index in [1.165, 1.54) is 6.08 Å². The van der Waals surface area contributed by atoms with Crippen molar-refractivity contribution in [2.24, 2.45) is 0 Å². The second-order valence-electron chi connectivity index (χ2n) is 2.49. The Labute approximate surface area is 58.6 Å². The van der Waals surface area contributed by atoms with Gasteiger partial charge in [0.05, 0.1) is 19.6 Å². The van der Waals surface area contributed by atoms with Crippen molar-refractivity contribution in [2.75, 3.05) is 13.2 Å². The molecule has 2 aliphatic rings. The Bertz CT molecular complexity index is 189. The minimum Gasteiger partial charge on any atom is -0.344 e. The lowest BCUT2D eigenvalue weighted by Gasteiger charge is -2.16. The van der Waals surface area contributed by atoms with Crippen molar-refractivity contribution in [1.82, 2.24) is 0 Å². The van der Waals surface area contributed by atoms with Crippen LogP contribution < -0.4 is 0 Å². The quantitative estimate of drug-likeness (QED) is 0.484. The van der Waals surface area contributed by atoms with E-state index in [2.05, 4.69) is 0 Å². The molecule has 54 valence electrons. The number of ether oxygens (including phenoxy) is 2. The molecule has 0 aromatic carbocycles. The number of allylic oxidation sites excluding steroid dienone is 1. The predicted molar refractivity (Wildman–Crippen MR) is 33.4 cm³/mol. The summed E-state index contributed by atoms with van der Waals surface area (Å²) in [6.45, 7) is 1.19. The number of hydrogen-bond donors (Lipinski definition) is 0. The van der Waals surface area contributed by atoms with Crippen molar-refractivity contribution in [3.05, 3.63) is 12.2 Å². The molecule has 0 unspecified atom stereocenters. The summed E-state index contributed by atoms with van der Waals surface area (Å²) in [5, 5.41) is 0. The Hall–Kier alpha value is -0.670. The molecule has 0 N–H and O–H groups in total. The van der Waals surface area contributed by atoms with E-state index in [4.69, 9.17) is 9.47 Å². The lowest BCUT2D eigenvalue weighted by atomic mass is 10.2. The van der Waals surface area contributed by atoms with Crippen LogP contribution in [0.2, 0.25) is 0 Å². The predicted octanol–water partition coefficient (Wildman–Crippen LogP) is 0.258. The summed E-state index contributed by atoms with van der Waals surface area (Å²) in [7, 11) is 0. The zero-order valence-corrected chi connectivity index (χ0v) is 5.50. The third kappa shape index (κ3) is 0.786. The summed E-state index contributed by atoms with van der Waals surface area (Å²) in [6, 6.07) is 0. The molecular formula is C7H8O3. The molecule has 3 heteroatoms. The molecule has 2 rings (SSSR count). The first-order valence-electron chi connectivity index (χ1n) is 3.31. The van der Waals surface area contributed by atoms with E-state index in [0.29, 0.717) is 19.6 Å². The van der Waals surface area contributed by atoms with Crippen molar-refractivity contribution >= 4 is 5.78 Å². The molecule has 0 aromatic rings. The van der Waals surface area contributed by atoms with E-state index in [1.807, 2.05) is 0 Å². The molecule has 0 aromatic heterocycles. The first kappa shape index (κ1) is 6.07. The van der Waals surface area contributed by atoms with Gasteiger partial charge < -0.3 is 9.47 Å². The first-order chi connectivity index (χ1) is 4.81. The minimum absolute atomic E-state index is 0.0851. The van der Waals surface area contributed by atoms with Gasteiger partial charge in [0.2, 0.25) is 0 Å². The molecule has 1 fully saturated rings. The second-order valence-corrected chi connectivity index (χ2v) is 2.49. The van der Waals surface area contributed by atoms with Gasteiger partial charge in [-0.3, -0.25) is 4.79 Å². The van der Waals surface area contributed by atoms with Crippen LogP contribution in [-0.2, 0) is 14.3 Å². The van der Waals surface area contributed by atoms with E-state index in [9.17, 15) is 4.79 Å². The third-order valence-electron chi connectivity index (χ3n) is 1.72. The molecule has 3 nitrogen and oxygen atoms in total. The Morgan fingerprint density at radius 1 is 1.40 bits per heavy atom. The fourth-order valence-electron chi connectivity index (χ4n) is 1.25. The van der Waals surface area contributed by atoms with Crippen LogP contribution in [0.25, 0.3) is 0 Å². The van der Waals surface area contributed by atoms with Gasteiger partial charge in [0.25, 0.3) is 0 Å². The maximum Gasteiger partial charge on any atom is 0.195 e. The molecule has 1 heterocycles. The van der Waals surface area contributed by atoms with Crippen molar-refractivity contribution < 1.29 is 14.3 Å². The van der Waals surface area contributed by atoms with Gasteiger partial charge in [-0.2, -0.15) is 0 Å². The Morgan fingerprint density at radius 3 is 2.60 bits per heavy atom. The van der Waals surface area contributed by atoms with Crippen LogP contribution in [0.5, 0.6) is 0 Å². The highest BCUT2D eigenvalue weighted by atomic mass is 16.7. The number of rotatable bonds is 0. The summed E-state index contributed by atoms with van der Waals surface area (Å²) < 4.78 is 10.5. The van der Waals surface area contributed by atoms with E-state index in [1.54, 1.807) is 6.08 Å². The summed E-state index contributed by atoms with van der Waals surface area (Å²) in [6.07, 6.45) is 3.57. The fourth-order valence-corrected chi connectivity index (χ4v) is 1.25. The largest absolute Gasteiger partial charge is 0.344 e. The van der Waals surface area contributed by atoms with Crippen LogP contribution in [0, 0.1) is 0 Å². The van der Waals surface area contributed by atoms with E-state index < -0.39 is 5.79 Å². The molecule has 0 saturated carbocycles. The SMILES string of the molecule is O=C1C=CC2(C1)OCCO2. The van der Waals surface area contributed by atoms with Gasteiger partial charge >= 0.3 is 0 Å². The minimum atomic E-state index is -0.670. The van der Waals surface area contributed by atoms with Gasteiger partial charge in [-0.1, -0.05) is 0 Å². The lowest BCUT2D eigenvalue weighted by molar-refractivity contribution is -0.135. The van der Waals surface area contributed by atoms with Crippen molar-refractivity contribution in [1.29, 1.82) is 0 Å². The number of carbonyl (C=O) groups excluding carboxylic acids is 1. The molecule has 0 amide bonds. The van der Waals surface area contributed by atoms with Crippen molar-refractivity contribution in [3.8, 4) is 0 Å². The van der Waals surface area contributed by atoms with Gasteiger partial charge in [0, 0.05) is 0 Å². The highest BCUT2D eigenvalue weighted by molar-refractivity contribution is 5.93. The number of ketones is 1. The lowest BCUT2D eigenvalue weighted by Crippen LogP contribution is -2.25. The standard InChI is InChI=1S/C7H8O3/c8-6-1-2-7(5-6)9-3-4-10-7/h1-2H,3-5H2. The van der Waals surface area contributed by atoms with Crippen molar-refractivity contribution in [3.63, 3.8) is 0 Å². The van der Waals surface area contributed by atoms with Gasteiger partial charge in [0.1, 0.15) is 0 Å². The summed E-state index contributed by atoms with van der Waals surface area (Å²) >= 11 is 0. The van der Waals surface area contributed by atoms with E-state index in [-0.39, 0.29) is 5.78 Å². The molecule has 1 spiro atoms. The highest BCUT2D eigenvalue weighted by Crippen LogP contribution is 2.29. The van der Waals surface area contributed by atoms with Gasteiger partial charge in [-0.25, -0.2) is 0 Å². The maximum absolute atomic E-state index is 10.8. The summed E-state index contributed by atoms with van der Waals surface area (Å²) in [5.74, 6) is -0.584. The summed E-state index contributed by atoms with van der Waals surface area (Å²) in [5.41, 5.74) is 0. The molecule has 0 radical (unpaired) electrons. The normalized spacial score (nSPS) is 28.6.